The average molecular weight is 295 g/mol. The lowest BCUT2D eigenvalue weighted by atomic mass is 10.4. The molecule has 0 bridgehead atoms. The van der Waals surface area contributed by atoms with Crippen molar-refractivity contribution < 1.29 is 0 Å². The molecule has 2 aromatic heterocycles. The van der Waals surface area contributed by atoms with E-state index >= 15 is 0 Å². The van der Waals surface area contributed by atoms with E-state index in [1.54, 1.807) is 11.3 Å². The van der Waals surface area contributed by atoms with Crippen LogP contribution in [0, 0.1) is 0 Å². The standard InChI is InChI=1S/C14H21N3S2/c1-3-7-15-14-16-9-13(19-14)11-17(4-2)10-12-6-5-8-18-12/h5-6,8-9H,3-4,7,10-11H2,1-2H3,(H,15,16). The molecule has 2 rings (SSSR count). The van der Waals surface area contributed by atoms with Gasteiger partial charge in [-0.3, -0.25) is 4.90 Å². The summed E-state index contributed by atoms with van der Waals surface area (Å²) in [6.07, 6.45) is 3.13. The Labute approximate surface area is 123 Å². The number of hydrogen-bond acceptors (Lipinski definition) is 5. The summed E-state index contributed by atoms with van der Waals surface area (Å²) < 4.78 is 0. The van der Waals surface area contributed by atoms with Gasteiger partial charge in [0.2, 0.25) is 0 Å². The third kappa shape index (κ3) is 4.60. The molecule has 0 spiro atoms. The number of aromatic nitrogens is 1. The number of thiazole rings is 1. The monoisotopic (exact) mass is 295 g/mol. The van der Waals surface area contributed by atoms with Gasteiger partial charge in [0.05, 0.1) is 0 Å². The lowest BCUT2D eigenvalue weighted by Crippen LogP contribution is -2.21. The fourth-order valence-corrected chi connectivity index (χ4v) is 3.44. The zero-order valence-corrected chi connectivity index (χ0v) is 13.2. The Morgan fingerprint density at radius 1 is 1.26 bits per heavy atom. The van der Waals surface area contributed by atoms with E-state index in [4.69, 9.17) is 0 Å². The van der Waals surface area contributed by atoms with Crippen LogP contribution < -0.4 is 5.32 Å². The molecule has 2 aromatic rings. The van der Waals surface area contributed by atoms with Gasteiger partial charge >= 0.3 is 0 Å². The Hall–Kier alpha value is -0.910. The minimum atomic E-state index is 0.986. The molecule has 0 radical (unpaired) electrons. The SMILES string of the molecule is CCCNc1ncc(CN(CC)Cc2cccs2)s1. The molecule has 2 heterocycles. The van der Waals surface area contributed by atoms with Crippen molar-refractivity contribution in [1.82, 2.24) is 9.88 Å². The summed E-state index contributed by atoms with van der Waals surface area (Å²) in [5.41, 5.74) is 0. The van der Waals surface area contributed by atoms with Crippen molar-refractivity contribution in [3.05, 3.63) is 33.5 Å². The predicted molar refractivity (Wildman–Crippen MR) is 85.0 cm³/mol. The van der Waals surface area contributed by atoms with Crippen LogP contribution in [-0.4, -0.2) is 23.0 Å². The van der Waals surface area contributed by atoms with Crippen LogP contribution >= 0.6 is 22.7 Å². The number of thiophene rings is 1. The maximum Gasteiger partial charge on any atom is 0.182 e. The lowest BCUT2D eigenvalue weighted by Gasteiger charge is -2.18. The number of rotatable bonds is 8. The first-order valence-electron chi connectivity index (χ1n) is 6.75. The molecule has 3 nitrogen and oxygen atoms in total. The van der Waals surface area contributed by atoms with Crippen molar-refractivity contribution in [2.24, 2.45) is 0 Å². The highest BCUT2D eigenvalue weighted by Crippen LogP contribution is 2.21. The van der Waals surface area contributed by atoms with E-state index in [-0.39, 0.29) is 0 Å². The molecule has 0 saturated heterocycles. The third-order valence-corrected chi connectivity index (χ3v) is 4.67. The second-order valence-corrected chi connectivity index (χ2v) is 6.59. The molecule has 19 heavy (non-hydrogen) atoms. The van der Waals surface area contributed by atoms with E-state index in [2.05, 4.69) is 46.6 Å². The molecule has 0 amide bonds. The molecular weight excluding hydrogens is 274 g/mol. The number of hydrogen-bond donors (Lipinski definition) is 1. The van der Waals surface area contributed by atoms with Crippen molar-refractivity contribution in [2.75, 3.05) is 18.4 Å². The first kappa shape index (κ1) is 14.5. The molecule has 1 N–H and O–H groups in total. The summed E-state index contributed by atoms with van der Waals surface area (Å²) in [6, 6.07) is 4.32. The molecule has 0 saturated carbocycles. The first-order valence-corrected chi connectivity index (χ1v) is 8.44. The molecule has 0 aliphatic heterocycles. The largest absolute Gasteiger partial charge is 0.362 e. The maximum atomic E-state index is 4.42. The lowest BCUT2D eigenvalue weighted by molar-refractivity contribution is 0.276. The van der Waals surface area contributed by atoms with Crippen LogP contribution in [0.25, 0.3) is 0 Å². The molecule has 5 heteroatoms. The summed E-state index contributed by atoms with van der Waals surface area (Å²) in [7, 11) is 0. The number of nitrogens with one attached hydrogen (secondary N) is 1. The molecule has 0 atom stereocenters. The Morgan fingerprint density at radius 2 is 2.11 bits per heavy atom. The third-order valence-electron chi connectivity index (χ3n) is 2.87. The Morgan fingerprint density at radius 3 is 2.79 bits per heavy atom. The summed E-state index contributed by atoms with van der Waals surface area (Å²) in [5, 5.41) is 6.53. The average Bonchev–Trinajstić information content (AvgIpc) is 3.07. The Balaban J connectivity index is 1.88. The highest BCUT2D eigenvalue weighted by molar-refractivity contribution is 7.15. The zero-order chi connectivity index (χ0) is 13.5. The van der Waals surface area contributed by atoms with E-state index in [1.807, 2.05) is 17.5 Å². The smallest absolute Gasteiger partial charge is 0.182 e. The van der Waals surface area contributed by atoms with Gasteiger partial charge in [-0.2, -0.15) is 0 Å². The minimum absolute atomic E-state index is 0.986. The molecule has 0 aliphatic rings. The second kappa shape index (κ2) is 7.62. The van der Waals surface area contributed by atoms with Gasteiger partial charge in [0.1, 0.15) is 0 Å². The fourth-order valence-electron chi connectivity index (χ4n) is 1.82. The van der Waals surface area contributed by atoms with Gasteiger partial charge in [-0.1, -0.05) is 19.9 Å². The van der Waals surface area contributed by atoms with Gasteiger partial charge in [-0.15, -0.1) is 22.7 Å². The van der Waals surface area contributed by atoms with Crippen LogP contribution in [0.15, 0.2) is 23.7 Å². The van der Waals surface area contributed by atoms with Crippen molar-refractivity contribution in [3.8, 4) is 0 Å². The van der Waals surface area contributed by atoms with Crippen LogP contribution in [0.2, 0.25) is 0 Å². The van der Waals surface area contributed by atoms with Crippen molar-refractivity contribution in [1.29, 1.82) is 0 Å². The fraction of sp³-hybridized carbons (Fsp3) is 0.500. The van der Waals surface area contributed by atoms with E-state index in [0.29, 0.717) is 0 Å². The highest BCUT2D eigenvalue weighted by atomic mass is 32.1. The van der Waals surface area contributed by atoms with Crippen LogP contribution in [0.3, 0.4) is 0 Å². The van der Waals surface area contributed by atoms with E-state index < -0.39 is 0 Å². The van der Waals surface area contributed by atoms with Crippen LogP contribution in [-0.2, 0) is 13.1 Å². The van der Waals surface area contributed by atoms with Crippen LogP contribution in [0.1, 0.15) is 30.0 Å². The summed E-state index contributed by atoms with van der Waals surface area (Å²) >= 11 is 3.60. The first-order chi connectivity index (χ1) is 9.31. The highest BCUT2D eigenvalue weighted by Gasteiger charge is 2.08. The topological polar surface area (TPSA) is 28.2 Å². The Kier molecular flexibility index (Phi) is 5.82. The number of nitrogens with zero attached hydrogens (tertiary/aromatic N) is 2. The van der Waals surface area contributed by atoms with E-state index in [9.17, 15) is 0 Å². The normalized spacial score (nSPS) is 11.1. The van der Waals surface area contributed by atoms with Gasteiger partial charge in [0, 0.05) is 35.6 Å². The van der Waals surface area contributed by atoms with Gasteiger partial charge < -0.3 is 5.32 Å². The second-order valence-electron chi connectivity index (χ2n) is 4.44. The van der Waals surface area contributed by atoms with E-state index in [0.717, 1.165) is 37.7 Å². The van der Waals surface area contributed by atoms with Gasteiger partial charge in [0.15, 0.2) is 5.13 Å². The van der Waals surface area contributed by atoms with E-state index in [1.165, 1.54) is 9.75 Å². The molecule has 0 fully saturated rings. The quantitative estimate of drug-likeness (QED) is 0.796. The van der Waals surface area contributed by atoms with Crippen molar-refractivity contribution in [2.45, 2.75) is 33.4 Å². The van der Waals surface area contributed by atoms with Crippen molar-refractivity contribution in [3.63, 3.8) is 0 Å². The molecule has 0 aromatic carbocycles. The molecule has 104 valence electrons. The summed E-state index contributed by atoms with van der Waals surface area (Å²) in [5.74, 6) is 0. The maximum absolute atomic E-state index is 4.42. The summed E-state index contributed by atoms with van der Waals surface area (Å²) in [4.78, 5) is 9.63. The van der Waals surface area contributed by atoms with Crippen LogP contribution in [0.4, 0.5) is 5.13 Å². The minimum Gasteiger partial charge on any atom is -0.362 e. The predicted octanol–water partition coefficient (Wildman–Crippen LogP) is 4.05. The molecular formula is C14H21N3S2. The zero-order valence-electron chi connectivity index (χ0n) is 11.6. The van der Waals surface area contributed by atoms with Crippen LogP contribution in [0.5, 0.6) is 0 Å². The molecule has 0 unspecified atom stereocenters. The van der Waals surface area contributed by atoms with Gasteiger partial charge in [0.25, 0.3) is 0 Å². The Bertz CT molecular complexity index is 465. The summed E-state index contributed by atoms with van der Waals surface area (Å²) in [6.45, 7) is 8.46. The van der Waals surface area contributed by atoms with Gasteiger partial charge in [-0.05, 0) is 24.4 Å². The molecule has 0 aliphatic carbocycles. The van der Waals surface area contributed by atoms with Crippen molar-refractivity contribution >= 4 is 27.8 Å². The number of anilines is 1. The van der Waals surface area contributed by atoms with Gasteiger partial charge in [-0.25, -0.2) is 4.98 Å².